The molecule has 1 amide bonds. The van der Waals surface area contributed by atoms with Crippen LogP contribution in [0.15, 0.2) is 53.3 Å². The summed E-state index contributed by atoms with van der Waals surface area (Å²) in [6, 6.07) is 15.5. The van der Waals surface area contributed by atoms with Crippen molar-refractivity contribution in [2.75, 3.05) is 6.54 Å². The fourth-order valence-corrected chi connectivity index (χ4v) is 4.32. The Kier molecular flexibility index (Phi) is 4.89. The van der Waals surface area contributed by atoms with Gasteiger partial charge >= 0.3 is 0 Å². The molecule has 28 heavy (non-hydrogen) atoms. The van der Waals surface area contributed by atoms with Gasteiger partial charge in [-0.1, -0.05) is 36.8 Å². The number of hydrogen-bond acceptors (Lipinski definition) is 3. The van der Waals surface area contributed by atoms with Crippen LogP contribution in [-0.2, 0) is 12.0 Å². The Hall–Kier alpha value is -2.73. The third-order valence-electron chi connectivity index (χ3n) is 5.84. The van der Waals surface area contributed by atoms with Gasteiger partial charge in [-0.15, -0.1) is 0 Å². The van der Waals surface area contributed by atoms with E-state index in [-0.39, 0.29) is 16.9 Å². The molecule has 1 fully saturated rings. The minimum absolute atomic E-state index is 0.0303. The van der Waals surface area contributed by atoms with E-state index in [1.165, 1.54) is 16.6 Å². The van der Waals surface area contributed by atoms with E-state index in [4.69, 9.17) is 12.2 Å². The summed E-state index contributed by atoms with van der Waals surface area (Å²) in [5, 5.41) is 3.63. The van der Waals surface area contributed by atoms with Crippen LogP contribution in [0.3, 0.4) is 0 Å². The van der Waals surface area contributed by atoms with Gasteiger partial charge in [0.05, 0.1) is 10.9 Å². The van der Waals surface area contributed by atoms with Crippen molar-refractivity contribution in [2.24, 2.45) is 0 Å². The number of nitrogens with zero attached hydrogens (tertiary/aromatic N) is 1. The second-order valence-corrected chi connectivity index (χ2v) is 7.81. The summed E-state index contributed by atoms with van der Waals surface area (Å²) >= 11 is 5.26. The highest BCUT2D eigenvalue weighted by molar-refractivity contribution is 7.71. The number of aromatic amines is 1. The highest BCUT2D eigenvalue weighted by Gasteiger charge is 2.38. The van der Waals surface area contributed by atoms with Gasteiger partial charge < -0.3 is 10.3 Å². The van der Waals surface area contributed by atoms with Crippen LogP contribution in [0.2, 0.25) is 0 Å². The van der Waals surface area contributed by atoms with Crippen LogP contribution in [0, 0.1) is 4.77 Å². The molecule has 3 aromatic rings. The van der Waals surface area contributed by atoms with Crippen molar-refractivity contribution in [1.29, 1.82) is 0 Å². The van der Waals surface area contributed by atoms with Gasteiger partial charge in [-0.25, -0.2) is 0 Å². The molecule has 1 saturated carbocycles. The Balaban J connectivity index is 1.58. The van der Waals surface area contributed by atoms with E-state index in [2.05, 4.69) is 22.4 Å². The molecule has 2 aromatic carbocycles. The van der Waals surface area contributed by atoms with Crippen molar-refractivity contribution in [1.82, 2.24) is 14.9 Å². The first-order valence-electron chi connectivity index (χ1n) is 9.65. The van der Waals surface area contributed by atoms with Crippen LogP contribution in [0.25, 0.3) is 10.9 Å². The third-order valence-corrected chi connectivity index (χ3v) is 6.17. The molecule has 5 nitrogen and oxygen atoms in total. The zero-order chi connectivity index (χ0) is 19.7. The first-order valence-corrected chi connectivity index (χ1v) is 10.1. The monoisotopic (exact) mass is 393 g/mol. The zero-order valence-corrected chi connectivity index (χ0v) is 16.6. The lowest BCUT2D eigenvalue weighted by Gasteiger charge is -2.42. The topological polar surface area (TPSA) is 66.9 Å². The zero-order valence-electron chi connectivity index (χ0n) is 15.8. The number of carbonyl (C=O) groups excluding carboxylic acids is 1. The fraction of sp³-hybridized carbons (Fsp3) is 0.318. The maximum absolute atomic E-state index is 12.8. The van der Waals surface area contributed by atoms with E-state index >= 15 is 0 Å². The van der Waals surface area contributed by atoms with Crippen molar-refractivity contribution < 1.29 is 4.79 Å². The first-order chi connectivity index (χ1) is 13.5. The predicted octanol–water partition coefficient (Wildman–Crippen LogP) is 3.93. The molecule has 6 heteroatoms. The van der Waals surface area contributed by atoms with Gasteiger partial charge in [0.2, 0.25) is 0 Å². The highest BCUT2D eigenvalue weighted by atomic mass is 32.1. The molecular weight excluding hydrogens is 370 g/mol. The molecule has 1 aliphatic rings. The Morgan fingerprint density at radius 1 is 1.21 bits per heavy atom. The van der Waals surface area contributed by atoms with Crippen LogP contribution < -0.4 is 10.9 Å². The summed E-state index contributed by atoms with van der Waals surface area (Å²) in [4.78, 5) is 28.3. The number of rotatable bonds is 5. The summed E-state index contributed by atoms with van der Waals surface area (Å²) in [5.41, 5.74) is 2.29. The average molecular weight is 394 g/mol. The summed E-state index contributed by atoms with van der Waals surface area (Å²) < 4.78 is 1.88. The summed E-state index contributed by atoms with van der Waals surface area (Å²) in [5.74, 6) is -0.136. The summed E-state index contributed by atoms with van der Waals surface area (Å²) in [7, 11) is 0. The third kappa shape index (κ3) is 3.18. The number of aromatic nitrogens is 2. The number of amides is 1. The molecule has 2 N–H and O–H groups in total. The maximum atomic E-state index is 12.8. The maximum Gasteiger partial charge on any atom is 0.262 e. The number of carbonyl (C=O) groups is 1. The van der Waals surface area contributed by atoms with E-state index in [1.807, 2.05) is 25.1 Å². The van der Waals surface area contributed by atoms with Crippen molar-refractivity contribution in [3.63, 3.8) is 0 Å². The molecule has 4 rings (SSSR count). The summed E-state index contributed by atoms with van der Waals surface area (Å²) in [6.45, 7) is 3.00. The van der Waals surface area contributed by atoms with Crippen LogP contribution in [0.5, 0.6) is 0 Å². The van der Waals surface area contributed by atoms with Gasteiger partial charge in [-0.3, -0.25) is 14.2 Å². The molecule has 0 spiro atoms. The lowest BCUT2D eigenvalue weighted by Crippen LogP contribution is -2.45. The van der Waals surface area contributed by atoms with E-state index in [9.17, 15) is 9.59 Å². The number of H-pyrrole nitrogens is 1. The van der Waals surface area contributed by atoms with Gasteiger partial charge in [-0.2, -0.15) is 0 Å². The van der Waals surface area contributed by atoms with Gasteiger partial charge in [0.15, 0.2) is 4.77 Å². The van der Waals surface area contributed by atoms with Crippen molar-refractivity contribution in [3.05, 3.63) is 74.8 Å². The molecule has 1 aromatic heterocycles. The van der Waals surface area contributed by atoms with E-state index in [1.54, 1.807) is 18.2 Å². The molecular formula is C22H23N3O2S. The Bertz CT molecular complexity index is 1140. The van der Waals surface area contributed by atoms with Crippen molar-refractivity contribution in [3.8, 4) is 0 Å². The minimum Gasteiger partial charge on any atom is -0.351 e. The van der Waals surface area contributed by atoms with Gasteiger partial charge in [0, 0.05) is 24.1 Å². The lowest BCUT2D eigenvalue weighted by molar-refractivity contribution is 0.0928. The second kappa shape index (κ2) is 7.36. The van der Waals surface area contributed by atoms with Crippen LogP contribution in [0.4, 0.5) is 0 Å². The highest BCUT2D eigenvalue weighted by Crippen LogP contribution is 2.43. The van der Waals surface area contributed by atoms with Gasteiger partial charge in [-0.05, 0) is 55.7 Å². The Morgan fingerprint density at radius 2 is 1.96 bits per heavy atom. The first kappa shape index (κ1) is 18.6. The van der Waals surface area contributed by atoms with E-state index in [0.717, 1.165) is 12.8 Å². The van der Waals surface area contributed by atoms with Gasteiger partial charge in [0.1, 0.15) is 0 Å². The fourth-order valence-electron chi connectivity index (χ4n) is 4.00. The van der Waals surface area contributed by atoms with E-state index in [0.29, 0.717) is 34.3 Å². The molecule has 0 unspecified atom stereocenters. The largest absolute Gasteiger partial charge is 0.351 e. The predicted molar refractivity (Wildman–Crippen MR) is 113 cm³/mol. The Labute approximate surface area is 168 Å². The molecule has 1 heterocycles. The number of benzene rings is 2. The number of hydrogen-bond donors (Lipinski definition) is 2. The number of nitrogens with one attached hydrogen (secondary N) is 2. The molecule has 0 radical (unpaired) electrons. The van der Waals surface area contributed by atoms with Crippen molar-refractivity contribution >= 4 is 29.0 Å². The van der Waals surface area contributed by atoms with E-state index < -0.39 is 0 Å². The normalized spacial score (nSPS) is 15.2. The van der Waals surface area contributed by atoms with Crippen LogP contribution in [-0.4, -0.2) is 22.0 Å². The molecule has 1 aliphatic carbocycles. The van der Waals surface area contributed by atoms with Crippen LogP contribution >= 0.6 is 12.2 Å². The smallest absolute Gasteiger partial charge is 0.262 e. The van der Waals surface area contributed by atoms with Gasteiger partial charge in [0.25, 0.3) is 11.5 Å². The second-order valence-electron chi connectivity index (χ2n) is 7.42. The van der Waals surface area contributed by atoms with Crippen molar-refractivity contribution in [2.45, 2.75) is 38.1 Å². The minimum atomic E-state index is -0.136. The average Bonchev–Trinajstić information content (AvgIpc) is 2.67. The molecule has 0 atom stereocenters. The molecule has 0 saturated heterocycles. The lowest BCUT2D eigenvalue weighted by atomic mass is 9.64. The van der Waals surface area contributed by atoms with Crippen LogP contribution in [0.1, 0.15) is 42.1 Å². The summed E-state index contributed by atoms with van der Waals surface area (Å²) in [6.07, 6.45) is 3.35. The standard InChI is InChI=1S/C22H23N3O2S/c1-2-25-20(27)17-10-9-15(13-18(17)24-21(25)28)19(26)23-14-22(11-6-12-22)16-7-4-3-5-8-16/h3-5,7-10,13H,2,6,11-12,14H2,1H3,(H,23,26)(H,24,28). The Morgan fingerprint density at radius 3 is 2.61 bits per heavy atom. The quantitative estimate of drug-likeness (QED) is 0.646. The SMILES string of the molecule is CCn1c(=S)[nH]c2cc(C(=O)NCC3(c4ccccc4)CCC3)ccc2c1=O. The molecule has 144 valence electrons. The molecule has 0 aliphatic heterocycles. The number of fused-ring (bicyclic) bond motifs is 1. The molecule has 0 bridgehead atoms.